The van der Waals surface area contributed by atoms with Gasteiger partial charge in [-0.1, -0.05) is 29.3 Å². The van der Waals surface area contributed by atoms with Gasteiger partial charge in [-0.25, -0.2) is 8.42 Å². The standard InChI is InChI=1S/C10H12Cl2N2O2S/c11-8-2-1-3-9(12)10(8)17(15,16)14-5-4-7(13)6-14/h1-3,7H,4-6,13H2/t7-/m0/s1. The highest BCUT2D eigenvalue weighted by molar-refractivity contribution is 7.89. The number of benzene rings is 1. The summed E-state index contributed by atoms with van der Waals surface area (Å²) in [5.41, 5.74) is 5.70. The molecule has 1 aromatic carbocycles. The van der Waals surface area contributed by atoms with Crippen molar-refractivity contribution in [3.05, 3.63) is 28.2 Å². The molecule has 2 N–H and O–H groups in total. The van der Waals surface area contributed by atoms with E-state index in [1.54, 1.807) is 6.07 Å². The van der Waals surface area contributed by atoms with Gasteiger partial charge in [0.25, 0.3) is 0 Å². The Morgan fingerprint density at radius 1 is 1.29 bits per heavy atom. The smallest absolute Gasteiger partial charge is 0.246 e. The first kappa shape index (κ1) is 13.1. The molecule has 2 rings (SSSR count). The van der Waals surface area contributed by atoms with Crippen LogP contribution in [0.3, 0.4) is 0 Å². The predicted molar refractivity (Wildman–Crippen MR) is 67.8 cm³/mol. The van der Waals surface area contributed by atoms with Crippen LogP contribution in [0, 0.1) is 0 Å². The van der Waals surface area contributed by atoms with Crippen molar-refractivity contribution in [1.29, 1.82) is 0 Å². The summed E-state index contributed by atoms with van der Waals surface area (Å²) in [4.78, 5) is -0.0302. The third kappa shape index (κ3) is 2.44. The molecule has 4 nitrogen and oxygen atoms in total. The quantitative estimate of drug-likeness (QED) is 0.903. The maximum Gasteiger partial charge on any atom is 0.246 e. The largest absolute Gasteiger partial charge is 0.326 e. The molecule has 0 saturated carbocycles. The third-order valence-corrected chi connectivity index (χ3v) is 5.53. The van der Waals surface area contributed by atoms with E-state index in [9.17, 15) is 8.42 Å². The van der Waals surface area contributed by atoms with Crippen LogP contribution in [0.4, 0.5) is 0 Å². The van der Waals surface area contributed by atoms with Crippen LogP contribution in [-0.4, -0.2) is 31.9 Å². The Hall–Kier alpha value is -0.330. The van der Waals surface area contributed by atoms with Crippen LogP contribution in [0.5, 0.6) is 0 Å². The molecule has 1 aromatic rings. The number of halogens is 2. The zero-order chi connectivity index (χ0) is 12.6. The van der Waals surface area contributed by atoms with Crippen LogP contribution in [0.25, 0.3) is 0 Å². The molecule has 0 unspecified atom stereocenters. The SMILES string of the molecule is N[C@H]1CCN(S(=O)(=O)c2c(Cl)cccc2Cl)C1. The van der Waals surface area contributed by atoms with Crippen molar-refractivity contribution in [2.75, 3.05) is 13.1 Å². The summed E-state index contributed by atoms with van der Waals surface area (Å²) in [6, 6.07) is 4.51. The molecule has 7 heteroatoms. The lowest BCUT2D eigenvalue weighted by atomic mass is 10.3. The molecule has 0 spiro atoms. The summed E-state index contributed by atoms with van der Waals surface area (Å²) in [6.07, 6.45) is 0.654. The van der Waals surface area contributed by atoms with Crippen LogP contribution >= 0.6 is 23.2 Å². The van der Waals surface area contributed by atoms with E-state index in [2.05, 4.69) is 0 Å². The van der Waals surface area contributed by atoms with Crippen molar-refractivity contribution < 1.29 is 8.42 Å². The van der Waals surface area contributed by atoms with Gasteiger partial charge >= 0.3 is 0 Å². The van der Waals surface area contributed by atoms with Crippen LogP contribution in [0.15, 0.2) is 23.1 Å². The van der Waals surface area contributed by atoms with E-state index < -0.39 is 10.0 Å². The van der Waals surface area contributed by atoms with Crippen LogP contribution < -0.4 is 5.73 Å². The molecule has 94 valence electrons. The topological polar surface area (TPSA) is 63.4 Å². The van der Waals surface area contributed by atoms with Crippen molar-refractivity contribution in [3.63, 3.8) is 0 Å². The molecule has 0 aliphatic carbocycles. The average Bonchev–Trinajstić information content (AvgIpc) is 2.64. The minimum absolute atomic E-state index is 0.0302. The molecule has 1 aliphatic heterocycles. The van der Waals surface area contributed by atoms with E-state index in [0.29, 0.717) is 19.5 Å². The number of nitrogens with zero attached hydrogens (tertiary/aromatic N) is 1. The van der Waals surface area contributed by atoms with Gasteiger partial charge in [0.05, 0.1) is 10.0 Å². The summed E-state index contributed by atoms with van der Waals surface area (Å²) in [6.45, 7) is 0.717. The van der Waals surface area contributed by atoms with E-state index in [0.717, 1.165) is 0 Å². The lowest BCUT2D eigenvalue weighted by Crippen LogP contribution is -2.32. The zero-order valence-electron chi connectivity index (χ0n) is 8.94. The number of sulfonamides is 1. The Labute approximate surface area is 110 Å². The van der Waals surface area contributed by atoms with Crippen LogP contribution in [-0.2, 0) is 10.0 Å². The molecular formula is C10H12Cl2N2O2S. The highest BCUT2D eigenvalue weighted by Crippen LogP contribution is 2.32. The molecule has 0 bridgehead atoms. The Bertz CT molecular complexity index is 513. The van der Waals surface area contributed by atoms with Gasteiger partial charge in [0, 0.05) is 19.1 Å². The summed E-state index contributed by atoms with van der Waals surface area (Å²) in [7, 11) is -3.64. The highest BCUT2D eigenvalue weighted by Gasteiger charge is 2.33. The highest BCUT2D eigenvalue weighted by atomic mass is 35.5. The molecule has 1 aliphatic rings. The van der Waals surface area contributed by atoms with Crippen LogP contribution in [0.2, 0.25) is 10.0 Å². The minimum atomic E-state index is -3.64. The van der Waals surface area contributed by atoms with Gasteiger partial charge < -0.3 is 5.73 Å². The number of hydrogen-bond acceptors (Lipinski definition) is 3. The minimum Gasteiger partial charge on any atom is -0.326 e. The van der Waals surface area contributed by atoms with Gasteiger partial charge in [0.1, 0.15) is 4.90 Å². The fourth-order valence-electron chi connectivity index (χ4n) is 1.83. The Morgan fingerprint density at radius 3 is 2.35 bits per heavy atom. The molecule has 0 aromatic heterocycles. The second kappa shape index (κ2) is 4.74. The fraction of sp³-hybridized carbons (Fsp3) is 0.400. The van der Waals surface area contributed by atoms with Crippen molar-refractivity contribution in [2.45, 2.75) is 17.4 Å². The fourth-order valence-corrected chi connectivity index (χ4v) is 4.43. The second-order valence-electron chi connectivity index (χ2n) is 3.96. The van der Waals surface area contributed by atoms with Crippen molar-refractivity contribution in [1.82, 2.24) is 4.31 Å². The van der Waals surface area contributed by atoms with E-state index in [-0.39, 0.29) is 21.0 Å². The van der Waals surface area contributed by atoms with E-state index >= 15 is 0 Å². The van der Waals surface area contributed by atoms with E-state index in [1.807, 2.05) is 0 Å². The first-order chi connectivity index (χ1) is 7.93. The van der Waals surface area contributed by atoms with E-state index in [4.69, 9.17) is 28.9 Å². The summed E-state index contributed by atoms with van der Waals surface area (Å²) >= 11 is 11.8. The number of nitrogens with two attached hydrogens (primary N) is 1. The van der Waals surface area contributed by atoms with Gasteiger partial charge in [-0.15, -0.1) is 0 Å². The van der Waals surface area contributed by atoms with Crippen molar-refractivity contribution in [2.24, 2.45) is 5.73 Å². The molecule has 1 atom stereocenters. The first-order valence-electron chi connectivity index (χ1n) is 5.12. The number of rotatable bonds is 2. The van der Waals surface area contributed by atoms with Crippen molar-refractivity contribution in [3.8, 4) is 0 Å². The molecule has 17 heavy (non-hydrogen) atoms. The van der Waals surface area contributed by atoms with Gasteiger partial charge in [-0.3, -0.25) is 0 Å². The van der Waals surface area contributed by atoms with Gasteiger partial charge in [0.15, 0.2) is 0 Å². The summed E-state index contributed by atoms with van der Waals surface area (Å²) < 4.78 is 26.0. The summed E-state index contributed by atoms with van der Waals surface area (Å²) in [5.74, 6) is 0. The monoisotopic (exact) mass is 294 g/mol. The van der Waals surface area contributed by atoms with E-state index in [1.165, 1.54) is 16.4 Å². The molecule has 1 heterocycles. The molecule has 1 fully saturated rings. The Balaban J connectivity index is 2.45. The Morgan fingerprint density at radius 2 is 1.88 bits per heavy atom. The number of hydrogen-bond donors (Lipinski definition) is 1. The first-order valence-corrected chi connectivity index (χ1v) is 7.32. The zero-order valence-corrected chi connectivity index (χ0v) is 11.3. The van der Waals surface area contributed by atoms with Gasteiger partial charge in [0.2, 0.25) is 10.0 Å². The maximum absolute atomic E-state index is 12.3. The molecule has 0 amide bonds. The normalized spacial score (nSPS) is 21.9. The predicted octanol–water partition coefficient (Wildman–Crippen LogP) is 1.72. The third-order valence-electron chi connectivity index (χ3n) is 2.70. The van der Waals surface area contributed by atoms with Gasteiger partial charge in [-0.05, 0) is 18.6 Å². The second-order valence-corrected chi connectivity index (χ2v) is 6.65. The average molecular weight is 295 g/mol. The molecule has 0 radical (unpaired) electrons. The molecule has 1 saturated heterocycles. The van der Waals surface area contributed by atoms with Crippen molar-refractivity contribution >= 4 is 33.2 Å². The summed E-state index contributed by atoms with van der Waals surface area (Å²) in [5, 5.41) is 0.274. The maximum atomic E-state index is 12.3. The lowest BCUT2D eigenvalue weighted by molar-refractivity contribution is 0.472. The van der Waals surface area contributed by atoms with Crippen LogP contribution in [0.1, 0.15) is 6.42 Å². The Kier molecular flexibility index (Phi) is 3.66. The molecular weight excluding hydrogens is 283 g/mol. The lowest BCUT2D eigenvalue weighted by Gasteiger charge is -2.17. The van der Waals surface area contributed by atoms with Gasteiger partial charge in [-0.2, -0.15) is 4.31 Å².